The van der Waals surface area contributed by atoms with Gasteiger partial charge in [0.2, 0.25) is 5.78 Å². The van der Waals surface area contributed by atoms with Crippen molar-refractivity contribution in [2.24, 2.45) is 0 Å². The third-order valence-corrected chi connectivity index (χ3v) is 4.82. The van der Waals surface area contributed by atoms with Gasteiger partial charge in [0.05, 0.1) is 12.8 Å². The van der Waals surface area contributed by atoms with Crippen LogP contribution in [0.5, 0.6) is 0 Å². The molecule has 2 unspecified atom stereocenters. The van der Waals surface area contributed by atoms with Gasteiger partial charge in [0.25, 0.3) is 5.60 Å². The van der Waals surface area contributed by atoms with Crippen LogP contribution in [0.25, 0.3) is 0 Å². The highest BCUT2D eigenvalue weighted by Gasteiger charge is 2.47. The van der Waals surface area contributed by atoms with Gasteiger partial charge in [-0.3, -0.25) is 14.4 Å². The molecule has 1 aromatic carbocycles. The van der Waals surface area contributed by atoms with Crippen LogP contribution in [0.15, 0.2) is 30.3 Å². The van der Waals surface area contributed by atoms with Gasteiger partial charge < -0.3 is 25.0 Å². The van der Waals surface area contributed by atoms with Crippen molar-refractivity contribution in [3.63, 3.8) is 0 Å². The van der Waals surface area contributed by atoms with Gasteiger partial charge in [-0.15, -0.1) is 0 Å². The first-order valence-corrected chi connectivity index (χ1v) is 9.66. The number of carboxylic acids is 2. The lowest BCUT2D eigenvalue weighted by atomic mass is 9.89. The standard InChI is InChI=1S/C21H26N2O8/c1-3-23(4-2)11-10-21(14-22,18(27)15-8-6-5-7-9-15)31-17(26)13-20(30,19(28)29)12-16(24)25/h5-9,30H,3-4,10-13H2,1-2H3,(H,24,25)(H,28,29). The first kappa shape index (κ1) is 25.7. The van der Waals surface area contributed by atoms with Gasteiger partial charge in [-0.05, 0) is 13.1 Å². The number of nitriles is 1. The maximum absolute atomic E-state index is 13.1. The number of ether oxygens (including phenoxy) is 1. The minimum Gasteiger partial charge on any atom is -0.481 e. The molecule has 3 N–H and O–H groups in total. The van der Waals surface area contributed by atoms with E-state index in [1.54, 1.807) is 24.3 Å². The summed E-state index contributed by atoms with van der Waals surface area (Å²) in [6, 6.07) is 9.42. The summed E-state index contributed by atoms with van der Waals surface area (Å²) in [7, 11) is 0. The van der Waals surface area contributed by atoms with Crippen LogP contribution in [0.3, 0.4) is 0 Å². The van der Waals surface area contributed by atoms with E-state index in [0.717, 1.165) is 0 Å². The molecule has 0 saturated heterocycles. The summed E-state index contributed by atoms with van der Waals surface area (Å²) < 4.78 is 5.18. The molecule has 0 amide bonds. The number of benzene rings is 1. The second-order valence-corrected chi connectivity index (χ2v) is 6.97. The number of hydrogen-bond donors (Lipinski definition) is 3. The highest BCUT2D eigenvalue weighted by Crippen LogP contribution is 2.26. The van der Waals surface area contributed by atoms with Crippen molar-refractivity contribution in [1.82, 2.24) is 4.90 Å². The quantitative estimate of drug-likeness (QED) is 0.302. The molecule has 0 radical (unpaired) electrons. The fraction of sp³-hybridized carbons (Fsp3) is 0.476. The second kappa shape index (κ2) is 11.2. The topological polar surface area (TPSA) is 165 Å². The van der Waals surface area contributed by atoms with Crippen LogP contribution in [0.4, 0.5) is 0 Å². The van der Waals surface area contributed by atoms with E-state index in [4.69, 9.17) is 14.9 Å². The maximum Gasteiger partial charge on any atom is 0.336 e. The van der Waals surface area contributed by atoms with Crippen LogP contribution in [-0.4, -0.2) is 74.7 Å². The molecule has 31 heavy (non-hydrogen) atoms. The average Bonchev–Trinajstić information content (AvgIpc) is 2.72. The summed E-state index contributed by atoms with van der Waals surface area (Å²) in [6.45, 7) is 5.21. The molecular weight excluding hydrogens is 408 g/mol. The van der Waals surface area contributed by atoms with Crippen LogP contribution in [0, 0.1) is 11.3 Å². The van der Waals surface area contributed by atoms with E-state index in [-0.39, 0.29) is 18.5 Å². The number of nitrogens with zero attached hydrogens (tertiary/aromatic N) is 2. The molecule has 0 aromatic heterocycles. The zero-order valence-electron chi connectivity index (χ0n) is 17.4. The van der Waals surface area contributed by atoms with Gasteiger partial charge in [0.1, 0.15) is 6.07 Å². The van der Waals surface area contributed by atoms with E-state index in [0.29, 0.717) is 13.1 Å². The molecule has 0 aliphatic carbocycles. The van der Waals surface area contributed by atoms with E-state index in [9.17, 15) is 29.5 Å². The van der Waals surface area contributed by atoms with Crippen LogP contribution in [-0.2, 0) is 19.1 Å². The Hall–Kier alpha value is -3.29. The van der Waals surface area contributed by atoms with Crippen molar-refractivity contribution in [2.75, 3.05) is 19.6 Å². The number of carbonyl (C=O) groups excluding carboxylic acids is 2. The Morgan fingerprint density at radius 3 is 2.10 bits per heavy atom. The molecule has 0 bridgehead atoms. The van der Waals surface area contributed by atoms with E-state index in [2.05, 4.69) is 0 Å². The maximum atomic E-state index is 13.1. The predicted molar refractivity (Wildman–Crippen MR) is 107 cm³/mol. The fourth-order valence-corrected chi connectivity index (χ4v) is 2.95. The molecule has 0 heterocycles. The molecule has 168 valence electrons. The van der Waals surface area contributed by atoms with E-state index in [1.807, 2.05) is 18.7 Å². The number of aliphatic hydroxyl groups is 1. The van der Waals surface area contributed by atoms with Gasteiger partial charge in [-0.1, -0.05) is 44.2 Å². The van der Waals surface area contributed by atoms with E-state index in [1.165, 1.54) is 12.1 Å². The van der Waals surface area contributed by atoms with Crippen LogP contribution in [0.1, 0.15) is 43.5 Å². The lowest BCUT2D eigenvalue weighted by Gasteiger charge is -2.29. The van der Waals surface area contributed by atoms with Gasteiger partial charge in [0.15, 0.2) is 5.60 Å². The number of carbonyl (C=O) groups is 4. The van der Waals surface area contributed by atoms with Crippen molar-refractivity contribution in [3.05, 3.63) is 35.9 Å². The van der Waals surface area contributed by atoms with Crippen LogP contribution >= 0.6 is 0 Å². The van der Waals surface area contributed by atoms with Crippen molar-refractivity contribution in [3.8, 4) is 6.07 Å². The molecule has 1 rings (SSSR count). The zero-order valence-corrected chi connectivity index (χ0v) is 17.4. The van der Waals surface area contributed by atoms with Crippen molar-refractivity contribution in [1.29, 1.82) is 5.26 Å². The van der Waals surface area contributed by atoms with Crippen molar-refractivity contribution < 1.29 is 39.2 Å². The van der Waals surface area contributed by atoms with Crippen molar-refractivity contribution >= 4 is 23.7 Å². The molecule has 2 atom stereocenters. The number of esters is 1. The summed E-state index contributed by atoms with van der Waals surface area (Å²) in [5, 5.41) is 37.9. The largest absolute Gasteiger partial charge is 0.481 e. The minimum absolute atomic E-state index is 0.107. The Bertz CT molecular complexity index is 847. The third kappa shape index (κ3) is 6.87. The lowest BCUT2D eigenvalue weighted by molar-refractivity contribution is -0.174. The van der Waals surface area contributed by atoms with E-state index < -0.39 is 47.7 Å². The van der Waals surface area contributed by atoms with Gasteiger partial charge >= 0.3 is 17.9 Å². The first-order chi connectivity index (χ1) is 14.5. The highest BCUT2D eigenvalue weighted by atomic mass is 16.6. The monoisotopic (exact) mass is 434 g/mol. The lowest BCUT2D eigenvalue weighted by Crippen LogP contribution is -2.48. The molecule has 0 saturated carbocycles. The number of carboxylic acid groups (broad SMARTS) is 2. The Morgan fingerprint density at radius 1 is 1.06 bits per heavy atom. The number of Topliss-reactive ketones (excluding diaryl/α,β-unsaturated/α-hetero) is 1. The Kier molecular flexibility index (Phi) is 9.30. The molecule has 10 heteroatoms. The zero-order chi connectivity index (χ0) is 23.7. The van der Waals surface area contributed by atoms with E-state index >= 15 is 0 Å². The predicted octanol–water partition coefficient (Wildman–Crippen LogP) is 1.09. The highest BCUT2D eigenvalue weighted by molar-refractivity contribution is 6.05. The number of rotatable bonds is 13. The third-order valence-electron chi connectivity index (χ3n) is 4.82. The SMILES string of the molecule is CCN(CC)CCC(C#N)(OC(=O)CC(O)(CC(=O)O)C(=O)O)C(=O)c1ccccc1. The summed E-state index contributed by atoms with van der Waals surface area (Å²) in [5.41, 5.74) is -5.11. The smallest absolute Gasteiger partial charge is 0.336 e. The molecule has 0 fully saturated rings. The summed E-state index contributed by atoms with van der Waals surface area (Å²) in [4.78, 5) is 49.7. The molecule has 10 nitrogen and oxygen atoms in total. The molecule has 0 spiro atoms. The Morgan fingerprint density at radius 2 is 1.65 bits per heavy atom. The minimum atomic E-state index is -2.95. The first-order valence-electron chi connectivity index (χ1n) is 9.66. The van der Waals surface area contributed by atoms with Gasteiger partial charge in [0, 0.05) is 18.5 Å². The van der Waals surface area contributed by atoms with Crippen LogP contribution < -0.4 is 0 Å². The number of aliphatic carboxylic acids is 2. The number of ketones is 1. The fourth-order valence-electron chi connectivity index (χ4n) is 2.95. The normalized spacial score (nSPS) is 14.7. The molecular formula is C21H26N2O8. The summed E-state index contributed by atoms with van der Waals surface area (Å²) in [5.74, 6) is -5.76. The second-order valence-electron chi connectivity index (χ2n) is 6.97. The van der Waals surface area contributed by atoms with Crippen LogP contribution in [0.2, 0.25) is 0 Å². The summed E-state index contributed by atoms with van der Waals surface area (Å²) >= 11 is 0. The molecule has 1 aromatic rings. The Balaban J connectivity index is 3.25. The molecule has 0 aliphatic rings. The van der Waals surface area contributed by atoms with Gasteiger partial charge in [-0.25, -0.2) is 4.79 Å². The Labute approximate surface area is 179 Å². The molecule has 0 aliphatic heterocycles. The van der Waals surface area contributed by atoms with Crippen molar-refractivity contribution in [2.45, 2.75) is 44.3 Å². The average molecular weight is 434 g/mol. The van der Waals surface area contributed by atoms with Gasteiger partial charge in [-0.2, -0.15) is 5.26 Å². The summed E-state index contributed by atoms with van der Waals surface area (Å²) in [6.07, 6.45) is -2.70. The number of hydrogen-bond acceptors (Lipinski definition) is 8.